The van der Waals surface area contributed by atoms with Gasteiger partial charge in [-0.1, -0.05) is 12.1 Å². The van der Waals surface area contributed by atoms with Gasteiger partial charge in [-0.15, -0.1) is 0 Å². The summed E-state index contributed by atoms with van der Waals surface area (Å²) in [5, 5.41) is 0. The van der Waals surface area contributed by atoms with E-state index in [1.165, 1.54) is 5.69 Å². The number of aromatic amines is 1. The Labute approximate surface area is 152 Å². The summed E-state index contributed by atoms with van der Waals surface area (Å²) in [5.41, 5.74) is 4.46. The van der Waals surface area contributed by atoms with E-state index in [1.54, 1.807) is 20.5 Å². The zero-order chi connectivity index (χ0) is 17.9. The largest absolute Gasteiger partial charge is 0.497 e. The second-order valence-electron chi connectivity index (χ2n) is 6.24. The third-order valence-electron chi connectivity index (χ3n) is 4.68. The van der Waals surface area contributed by atoms with E-state index in [1.807, 2.05) is 24.5 Å². The van der Waals surface area contributed by atoms with E-state index < -0.39 is 0 Å². The summed E-state index contributed by atoms with van der Waals surface area (Å²) in [6.07, 6.45) is 6.34. The molecule has 0 saturated carbocycles. The van der Waals surface area contributed by atoms with Gasteiger partial charge in [0.15, 0.2) is 0 Å². The van der Waals surface area contributed by atoms with Crippen LogP contribution in [0.5, 0.6) is 11.8 Å². The van der Waals surface area contributed by atoms with Gasteiger partial charge in [-0.2, -0.15) is 0 Å². The molecule has 1 aromatic carbocycles. The van der Waals surface area contributed by atoms with Crippen LogP contribution in [0.15, 0.2) is 43.0 Å². The van der Waals surface area contributed by atoms with Crippen molar-refractivity contribution in [3.05, 3.63) is 65.5 Å². The minimum atomic E-state index is 0.0576. The molecule has 1 aliphatic rings. The van der Waals surface area contributed by atoms with E-state index in [0.29, 0.717) is 6.01 Å². The van der Waals surface area contributed by atoms with Crippen molar-refractivity contribution in [2.75, 3.05) is 20.8 Å². The zero-order valence-corrected chi connectivity index (χ0v) is 14.8. The molecule has 0 radical (unpaired) electrons. The first-order valence-electron chi connectivity index (χ1n) is 8.53. The molecule has 0 bridgehead atoms. The van der Waals surface area contributed by atoms with Crippen molar-refractivity contribution in [2.45, 2.75) is 19.0 Å². The number of hydrogen-bond donors (Lipinski definition) is 1. The lowest BCUT2D eigenvalue weighted by Gasteiger charge is -2.35. The van der Waals surface area contributed by atoms with Gasteiger partial charge in [-0.3, -0.25) is 4.90 Å². The number of H-pyrrole nitrogens is 1. The number of nitrogens with one attached hydrogen (secondary N) is 1. The second kappa shape index (κ2) is 7.13. The van der Waals surface area contributed by atoms with Crippen LogP contribution >= 0.6 is 0 Å². The van der Waals surface area contributed by atoms with Crippen molar-refractivity contribution in [1.82, 2.24) is 24.8 Å². The number of fused-ring (bicyclic) bond motifs is 1. The fourth-order valence-electron chi connectivity index (χ4n) is 3.44. The number of hydrogen-bond acceptors (Lipinski definition) is 6. The normalized spacial score (nSPS) is 16.9. The maximum Gasteiger partial charge on any atom is 0.316 e. The number of imidazole rings is 1. The van der Waals surface area contributed by atoms with Crippen molar-refractivity contribution < 1.29 is 9.47 Å². The van der Waals surface area contributed by atoms with Crippen molar-refractivity contribution in [1.29, 1.82) is 0 Å². The highest BCUT2D eigenvalue weighted by Crippen LogP contribution is 2.35. The number of methoxy groups -OCH3 is 2. The topological polar surface area (TPSA) is 76.2 Å². The summed E-state index contributed by atoms with van der Waals surface area (Å²) in [5.74, 6) is 0.845. The standard InChI is InChI=1S/C19H21N5O2/c1-25-15-5-3-4-14(8-15)18-17-16(22-12-23-17)6-7-24(18)11-13-9-20-19(26-2)21-10-13/h3-5,8-10,12,18H,6-7,11H2,1-2H3,(H,22,23)/t18-/m1/s1. The molecule has 3 heterocycles. The van der Waals surface area contributed by atoms with Gasteiger partial charge < -0.3 is 14.5 Å². The Morgan fingerprint density at radius 3 is 2.77 bits per heavy atom. The summed E-state index contributed by atoms with van der Waals surface area (Å²) < 4.78 is 10.5. The smallest absolute Gasteiger partial charge is 0.316 e. The van der Waals surface area contributed by atoms with Gasteiger partial charge in [-0.05, 0) is 17.7 Å². The van der Waals surface area contributed by atoms with Crippen LogP contribution < -0.4 is 9.47 Å². The van der Waals surface area contributed by atoms with Gasteiger partial charge in [0.05, 0.1) is 32.3 Å². The van der Waals surface area contributed by atoms with Crippen LogP contribution in [0.25, 0.3) is 0 Å². The summed E-state index contributed by atoms with van der Waals surface area (Å²) in [4.78, 5) is 18.7. The lowest BCUT2D eigenvalue weighted by molar-refractivity contribution is 0.199. The van der Waals surface area contributed by atoms with Gasteiger partial charge >= 0.3 is 6.01 Å². The molecule has 0 spiro atoms. The highest BCUT2D eigenvalue weighted by atomic mass is 16.5. The molecular formula is C19H21N5O2. The van der Waals surface area contributed by atoms with Crippen LogP contribution in [-0.2, 0) is 13.0 Å². The second-order valence-corrected chi connectivity index (χ2v) is 6.24. The fourth-order valence-corrected chi connectivity index (χ4v) is 3.44. The highest BCUT2D eigenvalue weighted by Gasteiger charge is 2.31. The van der Waals surface area contributed by atoms with Crippen LogP contribution in [0.1, 0.15) is 28.6 Å². The van der Waals surface area contributed by atoms with Gasteiger partial charge in [0.25, 0.3) is 0 Å². The van der Waals surface area contributed by atoms with Crippen LogP contribution in [0.3, 0.4) is 0 Å². The Kier molecular flexibility index (Phi) is 4.53. The summed E-state index contributed by atoms with van der Waals surface area (Å²) in [7, 11) is 3.25. The molecule has 7 heteroatoms. The molecule has 3 aromatic rings. The third-order valence-corrected chi connectivity index (χ3v) is 4.68. The quantitative estimate of drug-likeness (QED) is 0.760. The Morgan fingerprint density at radius 1 is 1.15 bits per heavy atom. The Hall–Kier alpha value is -2.93. The monoisotopic (exact) mass is 351 g/mol. The molecule has 26 heavy (non-hydrogen) atoms. The van der Waals surface area contributed by atoms with Crippen LogP contribution in [0.4, 0.5) is 0 Å². The Bertz CT molecular complexity index is 878. The van der Waals surface area contributed by atoms with E-state index in [0.717, 1.165) is 42.1 Å². The molecule has 0 unspecified atom stereocenters. The lowest BCUT2D eigenvalue weighted by atomic mass is 9.95. The number of aromatic nitrogens is 4. The zero-order valence-electron chi connectivity index (χ0n) is 14.8. The number of ether oxygens (including phenoxy) is 2. The fraction of sp³-hybridized carbons (Fsp3) is 0.316. The average molecular weight is 351 g/mol. The predicted molar refractivity (Wildman–Crippen MR) is 96.1 cm³/mol. The molecule has 1 aliphatic heterocycles. The third kappa shape index (κ3) is 3.13. The van der Waals surface area contributed by atoms with E-state index in [4.69, 9.17) is 9.47 Å². The Morgan fingerprint density at radius 2 is 2.00 bits per heavy atom. The molecule has 1 N–H and O–H groups in total. The summed E-state index contributed by atoms with van der Waals surface area (Å²) in [6.45, 7) is 1.65. The predicted octanol–water partition coefficient (Wildman–Crippen LogP) is 2.36. The van der Waals surface area contributed by atoms with Gasteiger partial charge in [0.1, 0.15) is 5.75 Å². The van der Waals surface area contributed by atoms with E-state index in [-0.39, 0.29) is 6.04 Å². The summed E-state index contributed by atoms with van der Waals surface area (Å²) >= 11 is 0. The molecule has 1 atom stereocenters. The van der Waals surface area contributed by atoms with Gasteiger partial charge in [0.2, 0.25) is 0 Å². The molecule has 134 valence electrons. The summed E-state index contributed by atoms with van der Waals surface area (Å²) in [6, 6.07) is 8.61. The van der Waals surface area contributed by atoms with Crippen LogP contribution in [0, 0.1) is 0 Å². The van der Waals surface area contributed by atoms with Crippen LogP contribution in [-0.4, -0.2) is 45.6 Å². The first kappa shape index (κ1) is 16.5. The van der Waals surface area contributed by atoms with E-state index in [2.05, 4.69) is 37.0 Å². The van der Waals surface area contributed by atoms with Crippen molar-refractivity contribution in [2.24, 2.45) is 0 Å². The molecular weight excluding hydrogens is 330 g/mol. The molecule has 2 aromatic heterocycles. The Balaban J connectivity index is 1.67. The number of nitrogens with zero attached hydrogens (tertiary/aromatic N) is 4. The van der Waals surface area contributed by atoms with E-state index in [9.17, 15) is 0 Å². The van der Waals surface area contributed by atoms with Gasteiger partial charge in [-0.25, -0.2) is 15.0 Å². The first-order chi connectivity index (χ1) is 12.8. The minimum absolute atomic E-state index is 0.0576. The SMILES string of the molecule is COc1cccc([C@@H]2c3nc[nH]c3CCN2Cc2cnc(OC)nc2)c1. The molecule has 4 rings (SSSR count). The molecule has 0 saturated heterocycles. The molecule has 0 fully saturated rings. The first-order valence-corrected chi connectivity index (χ1v) is 8.53. The van der Waals surface area contributed by atoms with E-state index >= 15 is 0 Å². The molecule has 7 nitrogen and oxygen atoms in total. The molecule has 0 aliphatic carbocycles. The average Bonchev–Trinajstić information content (AvgIpc) is 3.17. The maximum absolute atomic E-state index is 5.41. The van der Waals surface area contributed by atoms with Crippen molar-refractivity contribution in [3.63, 3.8) is 0 Å². The van der Waals surface area contributed by atoms with Gasteiger partial charge in [0, 0.05) is 43.2 Å². The number of rotatable bonds is 5. The minimum Gasteiger partial charge on any atom is -0.497 e. The highest BCUT2D eigenvalue weighted by molar-refractivity contribution is 5.37. The van der Waals surface area contributed by atoms with Crippen molar-refractivity contribution >= 4 is 0 Å². The maximum atomic E-state index is 5.41. The van der Waals surface area contributed by atoms with Crippen LogP contribution in [0.2, 0.25) is 0 Å². The lowest BCUT2D eigenvalue weighted by Crippen LogP contribution is -2.35. The molecule has 0 amide bonds. The number of benzene rings is 1. The van der Waals surface area contributed by atoms with Crippen molar-refractivity contribution in [3.8, 4) is 11.8 Å².